The summed E-state index contributed by atoms with van der Waals surface area (Å²) in [5.41, 5.74) is 0.942. The summed E-state index contributed by atoms with van der Waals surface area (Å²) >= 11 is 1.56. The van der Waals surface area contributed by atoms with Gasteiger partial charge in [0.15, 0.2) is 11.7 Å². The van der Waals surface area contributed by atoms with Crippen LogP contribution in [0.3, 0.4) is 0 Å². The van der Waals surface area contributed by atoms with Crippen molar-refractivity contribution in [3.63, 3.8) is 0 Å². The third-order valence-corrected chi connectivity index (χ3v) is 8.33. The molecule has 1 fully saturated rings. The number of methoxy groups -OCH3 is 1. The molecular formula is C23H39N4O4S+. The Hall–Kier alpha value is -1.55. The highest BCUT2D eigenvalue weighted by atomic mass is 32.1. The number of likely N-dealkylation sites (N-methyl/N-ethyl adjacent to an activating group) is 1. The van der Waals surface area contributed by atoms with Gasteiger partial charge in [-0.1, -0.05) is 20.8 Å². The van der Waals surface area contributed by atoms with Gasteiger partial charge in [0.05, 0.1) is 32.5 Å². The standard InChI is InChI=1S/C23H38N4O4S/c1-13(21(30)24-9-10-31-6)15-7-8-23(3)11-16-19(14(2)18(23)20(15)29)26-22(32-16)25-17(28)12-27(4)5/h13-15,18,20,29H,7-12H2,1-6H3,(H,24,30)(H,25,26,28)/p+1/t13-,14-,15-,18+,20-,23-/m0/s1. The first-order chi connectivity index (χ1) is 15.1. The number of rotatable bonds is 8. The number of thiazole rings is 1. The molecule has 0 spiro atoms. The normalized spacial score (nSPS) is 30.4. The highest BCUT2D eigenvalue weighted by molar-refractivity contribution is 7.15. The van der Waals surface area contributed by atoms with Gasteiger partial charge >= 0.3 is 0 Å². The van der Waals surface area contributed by atoms with Gasteiger partial charge in [-0.15, -0.1) is 11.3 Å². The molecule has 9 heteroatoms. The number of anilines is 1. The molecule has 1 saturated carbocycles. The molecule has 0 aromatic carbocycles. The van der Waals surface area contributed by atoms with Gasteiger partial charge < -0.3 is 20.1 Å². The van der Waals surface area contributed by atoms with Crippen LogP contribution < -0.4 is 15.5 Å². The summed E-state index contributed by atoms with van der Waals surface area (Å²) in [5.74, 6) is -0.327. The molecular weight excluding hydrogens is 428 g/mol. The molecule has 1 heterocycles. The van der Waals surface area contributed by atoms with Gasteiger partial charge in [0.25, 0.3) is 5.91 Å². The first-order valence-electron chi connectivity index (χ1n) is 11.6. The largest absolute Gasteiger partial charge is 0.392 e. The number of carbonyl (C=O) groups is 2. The SMILES string of the molecule is COCCNC(=O)[C@@H](C)[C@@H]1CC[C@@]2(C)Cc3sc(NC(=O)C[NH+](C)C)nc3[C@@H](C)[C@@H]2[C@H]1O. The van der Waals surface area contributed by atoms with Crippen molar-refractivity contribution in [2.24, 2.45) is 23.2 Å². The lowest BCUT2D eigenvalue weighted by atomic mass is 9.53. The summed E-state index contributed by atoms with van der Waals surface area (Å²) in [5, 5.41) is 18.0. The minimum atomic E-state index is -0.572. The molecule has 4 N–H and O–H groups in total. The average Bonchev–Trinajstić information content (AvgIpc) is 3.08. The second-order valence-electron chi connectivity index (χ2n) is 10.2. The van der Waals surface area contributed by atoms with Gasteiger partial charge in [0, 0.05) is 30.4 Å². The van der Waals surface area contributed by atoms with Gasteiger partial charge in [0.2, 0.25) is 5.91 Å². The van der Waals surface area contributed by atoms with E-state index in [0.29, 0.717) is 24.8 Å². The molecule has 0 unspecified atom stereocenters. The maximum absolute atomic E-state index is 12.6. The number of nitrogens with one attached hydrogen (secondary N) is 3. The van der Waals surface area contributed by atoms with Crippen LogP contribution >= 0.6 is 11.3 Å². The van der Waals surface area contributed by atoms with E-state index in [9.17, 15) is 14.7 Å². The first kappa shape index (κ1) is 25.1. The number of nitrogens with zero attached hydrogens (tertiary/aromatic N) is 1. The number of hydrogen-bond acceptors (Lipinski definition) is 6. The van der Waals surface area contributed by atoms with Gasteiger partial charge in [-0.05, 0) is 36.5 Å². The summed E-state index contributed by atoms with van der Waals surface area (Å²) in [6, 6.07) is 0. The predicted molar refractivity (Wildman–Crippen MR) is 125 cm³/mol. The van der Waals surface area contributed by atoms with E-state index in [0.717, 1.165) is 29.9 Å². The van der Waals surface area contributed by atoms with Crippen molar-refractivity contribution in [3.05, 3.63) is 10.6 Å². The van der Waals surface area contributed by atoms with Crippen LogP contribution in [0.2, 0.25) is 0 Å². The molecule has 180 valence electrons. The fraction of sp³-hybridized carbons (Fsp3) is 0.783. The molecule has 8 nitrogen and oxygen atoms in total. The van der Waals surface area contributed by atoms with E-state index in [1.165, 1.54) is 4.88 Å². The molecule has 1 aromatic heterocycles. The van der Waals surface area contributed by atoms with Gasteiger partial charge in [-0.2, -0.15) is 0 Å². The maximum atomic E-state index is 12.6. The zero-order valence-electron chi connectivity index (χ0n) is 20.2. The van der Waals surface area contributed by atoms with E-state index in [4.69, 9.17) is 9.72 Å². The number of aromatic nitrogens is 1. The lowest BCUT2D eigenvalue weighted by Crippen LogP contribution is -3.06. The Morgan fingerprint density at radius 3 is 2.78 bits per heavy atom. The van der Waals surface area contributed by atoms with Crippen LogP contribution in [0.4, 0.5) is 5.13 Å². The fourth-order valence-corrected chi connectivity index (χ4v) is 7.00. The topological polar surface area (TPSA) is 105 Å². The predicted octanol–water partition coefficient (Wildman–Crippen LogP) is 0.678. The molecule has 32 heavy (non-hydrogen) atoms. The van der Waals surface area contributed by atoms with E-state index in [2.05, 4.69) is 24.5 Å². The Morgan fingerprint density at radius 1 is 1.41 bits per heavy atom. The van der Waals surface area contributed by atoms with Gasteiger partial charge in [-0.3, -0.25) is 14.9 Å². The van der Waals surface area contributed by atoms with Crippen molar-refractivity contribution in [2.75, 3.05) is 46.2 Å². The smallest absolute Gasteiger partial charge is 0.281 e. The number of quaternary nitrogens is 1. The summed E-state index contributed by atoms with van der Waals surface area (Å²) in [4.78, 5) is 31.9. The fourth-order valence-electron chi connectivity index (χ4n) is 5.72. The van der Waals surface area contributed by atoms with Gasteiger partial charge in [0.1, 0.15) is 0 Å². The highest BCUT2D eigenvalue weighted by Crippen LogP contribution is 2.57. The summed E-state index contributed by atoms with van der Waals surface area (Å²) in [7, 11) is 5.49. The van der Waals surface area contributed by atoms with Crippen molar-refractivity contribution in [3.8, 4) is 0 Å². The van der Waals surface area contributed by atoms with Crippen LogP contribution in [-0.4, -0.2) is 68.9 Å². The molecule has 3 rings (SSSR count). The molecule has 0 bridgehead atoms. The van der Waals surface area contributed by atoms with Crippen LogP contribution in [0.5, 0.6) is 0 Å². The van der Waals surface area contributed by atoms with Crippen molar-refractivity contribution in [1.29, 1.82) is 0 Å². The van der Waals surface area contributed by atoms with E-state index in [1.807, 2.05) is 21.0 Å². The lowest BCUT2D eigenvalue weighted by molar-refractivity contribution is -0.849. The lowest BCUT2D eigenvalue weighted by Gasteiger charge is -2.53. The van der Waals surface area contributed by atoms with E-state index in [1.54, 1.807) is 18.4 Å². The Morgan fingerprint density at radius 2 is 2.12 bits per heavy atom. The summed E-state index contributed by atoms with van der Waals surface area (Å²) < 4.78 is 5.02. The molecule has 1 aromatic rings. The van der Waals surface area contributed by atoms with Crippen molar-refractivity contribution >= 4 is 28.3 Å². The average molecular weight is 468 g/mol. The minimum absolute atomic E-state index is 0.0273. The molecule has 2 aliphatic carbocycles. The highest BCUT2D eigenvalue weighted by Gasteiger charge is 2.53. The van der Waals surface area contributed by atoms with Crippen LogP contribution in [-0.2, 0) is 20.7 Å². The van der Waals surface area contributed by atoms with Crippen molar-refractivity contribution in [1.82, 2.24) is 10.3 Å². The molecule has 2 amide bonds. The number of hydrogen-bond donors (Lipinski definition) is 4. The quantitative estimate of drug-likeness (QED) is 0.421. The first-order valence-corrected chi connectivity index (χ1v) is 12.4. The monoisotopic (exact) mass is 467 g/mol. The third kappa shape index (κ3) is 5.16. The van der Waals surface area contributed by atoms with Crippen LogP contribution in [0, 0.1) is 23.2 Å². The minimum Gasteiger partial charge on any atom is -0.392 e. The van der Waals surface area contributed by atoms with Crippen LogP contribution in [0.25, 0.3) is 0 Å². The summed E-state index contributed by atoms with van der Waals surface area (Å²) in [6.45, 7) is 7.65. The number of fused-ring (bicyclic) bond motifs is 2. The molecule has 6 atom stereocenters. The van der Waals surface area contributed by atoms with Crippen LogP contribution in [0.1, 0.15) is 50.1 Å². The summed E-state index contributed by atoms with van der Waals surface area (Å²) in [6.07, 6.45) is 2.06. The number of amides is 2. The van der Waals surface area contributed by atoms with E-state index >= 15 is 0 Å². The van der Waals surface area contributed by atoms with Gasteiger partial charge in [-0.25, -0.2) is 4.98 Å². The number of ether oxygens (including phenoxy) is 1. The Bertz CT molecular complexity index is 829. The Balaban J connectivity index is 1.76. The Kier molecular flexibility index (Phi) is 7.96. The second-order valence-corrected chi connectivity index (χ2v) is 11.3. The number of aliphatic hydroxyl groups is 1. The third-order valence-electron chi connectivity index (χ3n) is 7.34. The molecule has 2 aliphatic rings. The molecule has 0 aliphatic heterocycles. The maximum Gasteiger partial charge on any atom is 0.281 e. The van der Waals surface area contributed by atoms with E-state index in [-0.39, 0.29) is 40.9 Å². The Labute approximate surface area is 195 Å². The molecule has 0 saturated heterocycles. The van der Waals surface area contributed by atoms with Crippen molar-refractivity contribution in [2.45, 2.75) is 52.1 Å². The second kappa shape index (κ2) is 10.2. The molecule has 0 radical (unpaired) electrons. The number of carbonyl (C=O) groups excluding carboxylic acids is 2. The number of aliphatic hydroxyl groups excluding tert-OH is 1. The zero-order valence-corrected chi connectivity index (χ0v) is 21.0. The van der Waals surface area contributed by atoms with Crippen molar-refractivity contribution < 1.29 is 24.3 Å². The van der Waals surface area contributed by atoms with Crippen LogP contribution in [0.15, 0.2) is 0 Å². The zero-order chi connectivity index (χ0) is 23.6. The van der Waals surface area contributed by atoms with E-state index < -0.39 is 6.10 Å².